The van der Waals surface area contributed by atoms with Crippen LogP contribution >= 0.6 is 0 Å². The molecule has 3 saturated carbocycles. The zero-order valence-corrected chi connectivity index (χ0v) is 22.5. The van der Waals surface area contributed by atoms with E-state index in [0.717, 1.165) is 42.9 Å². The van der Waals surface area contributed by atoms with Crippen LogP contribution in [0.1, 0.15) is 106 Å². The SMILES string of the molecule is CO[C@@H]1C=C2C[C@@H](OC(C)=O)CC[C@]2(C)[C@@H]2CC[C@]3(C)[C@H](CC[C@H]3[C@@H](C)CCCC(C)C)[C@H]21. The van der Waals surface area contributed by atoms with Crippen molar-refractivity contribution >= 4 is 5.97 Å². The van der Waals surface area contributed by atoms with Crippen LogP contribution in [0.5, 0.6) is 0 Å². The molecule has 4 aliphatic carbocycles. The highest BCUT2D eigenvalue weighted by atomic mass is 16.5. The van der Waals surface area contributed by atoms with Crippen molar-refractivity contribution in [1.82, 2.24) is 0 Å². The van der Waals surface area contributed by atoms with Crippen molar-refractivity contribution in [2.75, 3.05) is 7.11 Å². The van der Waals surface area contributed by atoms with Gasteiger partial charge >= 0.3 is 5.97 Å². The van der Waals surface area contributed by atoms with Gasteiger partial charge in [0, 0.05) is 20.5 Å². The van der Waals surface area contributed by atoms with E-state index in [9.17, 15) is 4.79 Å². The highest BCUT2D eigenvalue weighted by molar-refractivity contribution is 5.66. The van der Waals surface area contributed by atoms with Gasteiger partial charge in [0.2, 0.25) is 0 Å². The van der Waals surface area contributed by atoms with Crippen LogP contribution in [0.2, 0.25) is 0 Å². The van der Waals surface area contributed by atoms with E-state index < -0.39 is 0 Å². The number of hydrogen-bond donors (Lipinski definition) is 0. The number of rotatable bonds is 7. The first-order chi connectivity index (χ1) is 15.6. The number of fused-ring (bicyclic) bond motifs is 5. The average molecular weight is 459 g/mol. The minimum Gasteiger partial charge on any atom is -0.462 e. The van der Waals surface area contributed by atoms with Gasteiger partial charge in [0.05, 0.1) is 6.10 Å². The second-order valence-electron chi connectivity index (χ2n) is 13.1. The summed E-state index contributed by atoms with van der Waals surface area (Å²) in [6, 6.07) is 0. The number of ether oxygens (including phenoxy) is 2. The van der Waals surface area contributed by atoms with Crippen molar-refractivity contribution in [3.05, 3.63) is 11.6 Å². The summed E-state index contributed by atoms with van der Waals surface area (Å²) in [7, 11) is 1.92. The monoisotopic (exact) mass is 458 g/mol. The summed E-state index contributed by atoms with van der Waals surface area (Å²) in [6.45, 7) is 14.0. The molecule has 0 aromatic rings. The third-order valence-corrected chi connectivity index (χ3v) is 10.9. The summed E-state index contributed by atoms with van der Waals surface area (Å²) in [5, 5.41) is 0. The Morgan fingerprint density at radius 1 is 1.06 bits per heavy atom. The maximum absolute atomic E-state index is 11.6. The lowest BCUT2D eigenvalue weighted by Gasteiger charge is -2.60. The van der Waals surface area contributed by atoms with Gasteiger partial charge in [-0.25, -0.2) is 0 Å². The molecule has 188 valence electrons. The molecule has 0 N–H and O–H groups in total. The molecule has 33 heavy (non-hydrogen) atoms. The lowest BCUT2D eigenvalue weighted by atomic mass is 9.46. The third-order valence-electron chi connectivity index (χ3n) is 10.9. The van der Waals surface area contributed by atoms with Crippen LogP contribution < -0.4 is 0 Å². The van der Waals surface area contributed by atoms with Gasteiger partial charge < -0.3 is 9.47 Å². The Morgan fingerprint density at radius 3 is 2.48 bits per heavy atom. The fourth-order valence-electron chi connectivity index (χ4n) is 9.17. The number of carbonyl (C=O) groups excluding carboxylic acids is 1. The second kappa shape index (κ2) is 9.67. The molecule has 0 aromatic carbocycles. The van der Waals surface area contributed by atoms with Crippen LogP contribution in [-0.2, 0) is 14.3 Å². The van der Waals surface area contributed by atoms with Gasteiger partial charge in [-0.1, -0.05) is 65.5 Å². The minimum absolute atomic E-state index is 0.0484. The van der Waals surface area contributed by atoms with Crippen LogP contribution in [0, 0.1) is 46.3 Å². The predicted octanol–water partition coefficient (Wildman–Crippen LogP) is 7.58. The molecule has 4 aliphatic rings. The summed E-state index contributed by atoms with van der Waals surface area (Å²) < 4.78 is 11.9. The van der Waals surface area contributed by atoms with Crippen molar-refractivity contribution in [2.45, 2.75) is 118 Å². The molecule has 0 unspecified atom stereocenters. The topological polar surface area (TPSA) is 35.5 Å². The number of methoxy groups -OCH3 is 1. The van der Waals surface area contributed by atoms with Crippen LogP contribution in [0.3, 0.4) is 0 Å². The van der Waals surface area contributed by atoms with E-state index in [1.54, 1.807) is 6.92 Å². The fraction of sp³-hybridized carbons (Fsp3) is 0.900. The Bertz CT molecular complexity index is 741. The second-order valence-corrected chi connectivity index (χ2v) is 13.1. The highest BCUT2D eigenvalue weighted by Gasteiger charge is 2.61. The van der Waals surface area contributed by atoms with E-state index >= 15 is 0 Å². The molecule has 0 spiro atoms. The molecule has 0 bridgehead atoms. The van der Waals surface area contributed by atoms with Crippen LogP contribution in [-0.4, -0.2) is 25.3 Å². The van der Waals surface area contributed by atoms with Gasteiger partial charge in [-0.3, -0.25) is 4.79 Å². The molecule has 0 heterocycles. The molecule has 0 saturated heterocycles. The molecule has 9 atom stereocenters. The first-order valence-electron chi connectivity index (χ1n) is 14.0. The molecule has 3 heteroatoms. The predicted molar refractivity (Wildman–Crippen MR) is 135 cm³/mol. The zero-order valence-electron chi connectivity index (χ0n) is 22.5. The number of hydrogen-bond acceptors (Lipinski definition) is 3. The van der Waals surface area contributed by atoms with Crippen molar-refractivity contribution in [2.24, 2.45) is 46.3 Å². The van der Waals surface area contributed by atoms with Crippen molar-refractivity contribution < 1.29 is 14.3 Å². The molecule has 0 amide bonds. The molecule has 0 aliphatic heterocycles. The first-order valence-corrected chi connectivity index (χ1v) is 14.0. The van der Waals surface area contributed by atoms with E-state index in [4.69, 9.17) is 9.47 Å². The van der Waals surface area contributed by atoms with Crippen molar-refractivity contribution in [1.29, 1.82) is 0 Å². The molecular formula is C30H50O3. The summed E-state index contributed by atoms with van der Waals surface area (Å²) in [5.74, 6) is 4.50. The Hall–Kier alpha value is -0.830. The van der Waals surface area contributed by atoms with Gasteiger partial charge in [-0.2, -0.15) is 0 Å². The molecule has 0 aromatic heterocycles. The molecule has 0 radical (unpaired) electrons. The first kappa shape index (κ1) is 25.3. The Balaban J connectivity index is 1.55. The Kier molecular flexibility index (Phi) is 7.40. The summed E-state index contributed by atoms with van der Waals surface area (Å²) in [6.07, 6.45) is 15.4. The maximum atomic E-state index is 11.6. The Morgan fingerprint density at radius 2 is 1.82 bits per heavy atom. The van der Waals surface area contributed by atoms with Gasteiger partial charge in [0.25, 0.3) is 0 Å². The smallest absolute Gasteiger partial charge is 0.302 e. The van der Waals surface area contributed by atoms with Gasteiger partial charge in [-0.05, 0) is 84.9 Å². The number of esters is 1. The lowest BCUT2D eigenvalue weighted by molar-refractivity contribution is -0.149. The quantitative estimate of drug-likeness (QED) is 0.291. The third kappa shape index (κ3) is 4.57. The largest absolute Gasteiger partial charge is 0.462 e. The lowest BCUT2D eigenvalue weighted by Crippen LogP contribution is -2.55. The van der Waals surface area contributed by atoms with Crippen molar-refractivity contribution in [3.63, 3.8) is 0 Å². The van der Waals surface area contributed by atoms with E-state index in [0.29, 0.717) is 17.3 Å². The standard InChI is InChI=1S/C30H50O3/c1-19(2)9-8-10-20(3)24-11-12-25-28-26(14-16-30(24,25)6)29(5)15-13-23(33-21(4)31)17-22(29)18-27(28)32-7/h18-20,23-28H,8-17H2,1-7H3/t20-,23-,24-,25+,26+,27+,28+,29-,30-/m0/s1. The normalized spacial score (nSPS) is 43.3. The van der Waals surface area contributed by atoms with Crippen LogP contribution in [0.15, 0.2) is 11.6 Å². The molecule has 3 nitrogen and oxygen atoms in total. The minimum atomic E-state index is -0.144. The van der Waals surface area contributed by atoms with E-state index in [-0.39, 0.29) is 23.6 Å². The van der Waals surface area contributed by atoms with E-state index in [1.165, 1.54) is 50.5 Å². The number of carbonyl (C=O) groups is 1. The van der Waals surface area contributed by atoms with Crippen LogP contribution in [0.25, 0.3) is 0 Å². The van der Waals surface area contributed by atoms with Gasteiger partial charge in [-0.15, -0.1) is 0 Å². The average Bonchev–Trinajstić information content (AvgIpc) is 3.10. The Labute approximate surface area is 203 Å². The maximum Gasteiger partial charge on any atom is 0.302 e. The summed E-state index contributed by atoms with van der Waals surface area (Å²) in [5.41, 5.74) is 2.22. The van der Waals surface area contributed by atoms with E-state index in [2.05, 4.69) is 40.7 Å². The molecule has 3 fully saturated rings. The van der Waals surface area contributed by atoms with E-state index in [1.807, 2.05) is 7.11 Å². The molecule has 4 rings (SSSR count). The zero-order chi connectivity index (χ0) is 24.0. The fourth-order valence-corrected chi connectivity index (χ4v) is 9.17. The summed E-state index contributed by atoms with van der Waals surface area (Å²) >= 11 is 0. The van der Waals surface area contributed by atoms with Gasteiger partial charge in [0.15, 0.2) is 0 Å². The summed E-state index contributed by atoms with van der Waals surface area (Å²) in [4.78, 5) is 11.6. The van der Waals surface area contributed by atoms with Crippen molar-refractivity contribution in [3.8, 4) is 0 Å². The van der Waals surface area contributed by atoms with Crippen LogP contribution in [0.4, 0.5) is 0 Å². The molecular weight excluding hydrogens is 408 g/mol. The highest BCUT2D eigenvalue weighted by Crippen LogP contribution is 2.67. The van der Waals surface area contributed by atoms with Gasteiger partial charge in [0.1, 0.15) is 6.10 Å².